The maximum absolute atomic E-state index is 11.2. The van der Waals surface area contributed by atoms with E-state index < -0.39 is 11.0 Å². The van der Waals surface area contributed by atoms with Gasteiger partial charge in [0.2, 0.25) is 0 Å². The molecule has 2 rings (SSSR count). The number of benzene rings is 1. The Kier molecular flexibility index (Phi) is 3.94. The molecule has 3 N–H and O–H groups in total. The lowest BCUT2D eigenvalue weighted by Crippen LogP contribution is -2.18. The minimum absolute atomic E-state index is 0.0254. The number of nitro groups is 1. The van der Waals surface area contributed by atoms with Crippen LogP contribution >= 0.6 is 0 Å². The summed E-state index contributed by atoms with van der Waals surface area (Å²) < 4.78 is 4.55. The number of aromatic nitrogens is 1. The molecule has 8 nitrogen and oxygen atoms in total. The summed E-state index contributed by atoms with van der Waals surface area (Å²) in [6.45, 7) is 0.243. The number of carbonyl (C=O) groups excluding carboxylic acids is 1. The van der Waals surface area contributed by atoms with Gasteiger partial charge < -0.3 is 15.8 Å². The second-order valence-electron chi connectivity index (χ2n) is 3.88. The fourth-order valence-electron chi connectivity index (χ4n) is 1.81. The van der Waals surface area contributed by atoms with Gasteiger partial charge in [0.25, 0.3) is 0 Å². The number of hydrogen-bond acceptors (Lipinski definition) is 6. The molecule has 8 heteroatoms. The Bertz CT molecular complexity index is 659. The van der Waals surface area contributed by atoms with Crippen molar-refractivity contribution in [2.75, 3.05) is 18.5 Å². The molecule has 1 aromatic carbocycles. The Morgan fingerprint density at radius 2 is 2.25 bits per heavy atom. The summed E-state index contributed by atoms with van der Waals surface area (Å²) in [7, 11) is 0. The largest absolute Gasteiger partial charge is 0.448 e. The van der Waals surface area contributed by atoms with Gasteiger partial charge in [-0.05, 0) is 24.3 Å². The molecule has 0 aliphatic rings. The fraction of sp³-hybridized carbons (Fsp3) is 0.167. The van der Waals surface area contributed by atoms with Gasteiger partial charge in [-0.3, -0.25) is 15.1 Å². The molecule has 20 heavy (non-hydrogen) atoms. The number of anilines is 1. The maximum atomic E-state index is 11.2. The average molecular weight is 276 g/mol. The van der Waals surface area contributed by atoms with Crippen LogP contribution in [0.25, 0.3) is 10.9 Å². The van der Waals surface area contributed by atoms with Crippen LogP contribution in [-0.4, -0.2) is 29.2 Å². The highest BCUT2D eigenvalue weighted by Crippen LogP contribution is 2.32. The number of ether oxygens (including phenoxy) is 1. The van der Waals surface area contributed by atoms with Crippen molar-refractivity contribution in [1.29, 1.82) is 0 Å². The summed E-state index contributed by atoms with van der Waals surface area (Å²) in [6, 6.07) is 6.51. The summed E-state index contributed by atoms with van der Waals surface area (Å²) in [5.41, 5.74) is 5.64. The first-order valence-corrected chi connectivity index (χ1v) is 5.78. The van der Waals surface area contributed by atoms with Crippen molar-refractivity contribution < 1.29 is 14.5 Å². The molecular weight excluding hydrogens is 264 g/mol. The molecule has 1 amide bonds. The highest BCUT2D eigenvalue weighted by molar-refractivity contribution is 5.94. The molecule has 0 unspecified atom stereocenters. The van der Waals surface area contributed by atoms with E-state index in [1.165, 1.54) is 0 Å². The third kappa shape index (κ3) is 2.91. The van der Waals surface area contributed by atoms with Gasteiger partial charge in [-0.2, -0.15) is 0 Å². The van der Waals surface area contributed by atoms with Crippen molar-refractivity contribution in [3.63, 3.8) is 0 Å². The van der Waals surface area contributed by atoms with E-state index in [4.69, 9.17) is 5.73 Å². The van der Waals surface area contributed by atoms with E-state index in [1.54, 1.807) is 30.5 Å². The van der Waals surface area contributed by atoms with E-state index >= 15 is 0 Å². The highest BCUT2D eigenvalue weighted by atomic mass is 16.6. The number of nitrogens with two attached hydrogens (primary N) is 1. The van der Waals surface area contributed by atoms with E-state index in [2.05, 4.69) is 15.0 Å². The van der Waals surface area contributed by atoms with Gasteiger partial charge in [-0.15, -0.1) is 0 Å². The van der Waals surface area contributed by atoms with Crippen LogP contribution in [-0.2, 0) is 4.74 Å². The molecule has 0 bridgehead atoms. The zero-order valence-electron chi connectivity index (χ0n) is 10.4. The lowest BCUT2D eigenvalue weighted by molar-refractivity contribution is -0.382. The van der Waals surface area contributed by atoms with Crippen LogP contribution in [0.4, 0.5) is 16.2 Å². The third-order valence-corrected chi connectivity index (χ3v) is 2.60. The minimum atomic E-state index is -0.885. The van der Waals surface area contributed by atoms with Gasteiger partial charge in [0.1, 0.15) is 12.3 Å². The molecule has 0 radical (unpaired) electrons. The van der Waals surface area contributed by atoms with Crippen LogP contribution in [0.1, 0.15) is 0 Å². The van der Waals surface area contributed by atoms with Crippen molar-refractivity contribution in [1.82, 2.24) is 4.98 Å². The fourth-order valence-corrected chi connectivity index (χ4v) is 1.81. The van der Waals surface area contributed by atoms with Gasteiger partial charge in [0, 0.05) is 12.7 Å². The van der Waals surface area contributed by atoms with E-state index in [0.717, 1.165) is 0 Å². The first-order valence-electron chi connectivity index (χ1n) is 5.78. The topological polar surface area (TPSA) is 120 Å². The number of nitrogens with zero attached hydrogens (tertiary/aromatic N) is 2. The molecule has 1 aromatic heterocycles. The van der Waals surface area contributed by atoms with Crippen molar-refractivity contribution in [3.05, 3.63) is 40.6 Å². The van der Waals surface area contributed by atoms with Crippen molar-refractivity contribution >= 4 is 28.4 Å². The molecule has 0 fully saturated rings. The number of carbonyl (C=O) groups is 1. The van der Waals surface area contributed by atoms with Crippen LogP contribution < -0.4 is 11.1 Å². The molecule has 0 spiro atoms. The molecule has 0 saturated heterocycles. The van der Waals surface area contributed by atoms with Crippen LogP contribution in [0.2, 0.25) is 0 Å². The quantitative estimate of drug-likeness (QED) is 0.486. The molecule has 1 heterocycles. The Morgan fingerprint density at radius 3 is 2.95 bits per heavy atom. The lowest BCUT2D eigenvalue weighted by atomic mass is 10.1. The monoisotopic (exact) mass is 276 g/mol. The number of nitrogens with one attached hydrogen (secondary N) is 1. The molecule has 0 saturated carbocycles. The summed E-state index contributed by atoms with van der Waals surface area (Å²) >= 11 is 0. The number of primary amides is 1. The number of rotatable bonds is 5. The summed E-state index contributed by atoms with van der Waals surface area (Å²) in [5, 5.41) is 14.5. The van der Waals surface area contributed by atoms with Gasteiger partial charge in [0.15, 0.2) is 0 Å². The van der Waals surface area contributed by atoms with Gasteiger partial charge in [0.05, 0.1) is 15.8 Å². The van der Waals surface area contributed by atoms with Crippen molar-refractivity contribution in [2.45, 2.75) is 0 Å². The Hall–Kier alpha value is -2.90. The summed E-state index contributed by atoms with van der Waals surface area (Å²) in [4.78, 5) is 25.2. The van der Waals surface area contributed by atoms with Gasteiger partial charge in [-0.1, -0.05) is 0 Å². The maximum Gasteiger partial charge on any atom is 0.404 e. The first-order chi connectivity index (χ1) is 9.59. The second-order valence-corrected chi connectivity index (χ2v) is 3.88. The molecule has 2 aromatic rings. The van der Waals surface area contributed by atoms with E-state index in [9.17, 15) is 14.9 Å². The molecule has 104 valence electrons. The van der Waals surface area contributed by atoms with Crippen LogP contribution in [0, 0.1) is 10.1 Å². The molecule has 0 aliphatic heterocycles. The number of fused-ring (bicyclic) bond motifs is 1. The molecule has 0 aliphatic carbocycles. The zero-order chi connectivity index (χ0) is 14.5. The van der Waals surface area contributed by atoms with E-state index in [1.807, 2.05) is 0 Å². The SMILES string of the molecule is NC(=O)OCCNc1ccc2ncccc2c1[N+](=O)[O-]. The van der Waals surface area contributed by atoms with Crippen molar-refractivity contribution in [3.8, 4) is 0 Å². The normalized spacial score (nSPS) is 10.2. The number of pyridine rings is 1. The van der Waals surface area contributed by atoms with Crippen LogP contribution in [0.5, 0.6) is 0 Å². The van der Waals surface area contributed by atoms with Gasteiger partial charge >= 0.3 is 11.8 Å². The Labute approximate surface area is 113 Å². The summed E-state index contributed by atoms with van der Waals surface area (Å²) in [5.74, 6) is 0. The molecule has 0 atom stereocenters. The third-order valence-electron chi connectivity index (χ3n) is 2.60. The Balaban J connectivity index is 2.26. The van der Waals surface area contributed by atoms with Gasteiger partial charge in [-0.25, -0.2) is 4.79 Å². The van der Waals surface area contributed by atoms with Crippen LogP contribution in [0.15, 0.2) is 30.5 Å². The lowest BCUT2D eigenvalue weighted by Gasteiger charge is -2.08. The van der Waals surface area contributed by atoms with E-state index in [-0.39, 0.29) is 18.8 Å². The summed E-state index contributed by atoms with van der Waals surface area (Å²) in [6.07, 6.45) is 0.684. The Morgan fingerprint density at radius 1 is 1.45 bits per heavy atom. The molecular formula is C12H12N4O4. The predicted octanol–water partition coefficient (Wildman–Crippen LogP) is 1.65. The number of nitro benzene ring substituents is 1. The predicted molar refractivity (Wildman–Crippen MR) is 72.4 cm³/mol. The smallest absolute Gasteiger partial charge is 0.404 e. The number of amides is 1. The minimum Gasteiger partial charge on any atom is -0.448 e. The standard InChI is InChI=1S/C12H12N4O4/c13-12(17)20-7-6-15-10-4-3-9-8(2-1-5-14-9)11(10)16(18)19/h1-5,15H,6-7H2,(H2,13,17). The first kappa shape index (κ1) is 13.5. The van der Waals surface area contributed by atoms with E-state index in [0.29, 0.717) is 16.6 Å². The van der Waals surface area contributed by atoms with Crippen LogP contribution in [0.3, 0.4) is 0 Å². The zero-order valence-corrected chi connectivity index (χ0v) is 10.4. The second kappa shape index (κ2) is 5.83. The van der Waals surface area contributed by atoms with Crippen molar-refractivity contribution in [2.24, 2.45) is 5.73 Å². The average Bonchev–Trinajstić information content (AvgIpc) is 2.42. The number of hydrogen-bond donors (Lipinski definition) is 2. The highest BCUT2D eigenvalue weighted by Gasteiger charge is 2.18.